The molecule has 0 aliphatic rings. The fourth-order valence-electron chi connectivity index (χ4n) is 1.85. The SMILES string of the molecule is CCC(O[Si](C)(C)[C@H](C)CC)[Si](C)(C)C. The zero-order valence-electron chi connectivity index (χ0n) is 12.0. The molecule has 15 heavy (non-hydrogen) atoms. The van der Waals surface area contributed by atoms with Crippen LogP contribution in [0.3, 0.4) is 0 Å². The van der Waals surface area contributed by atoms with Crippen molar-refractivity contribution in [1.29, 1.82) is 0 Å². The van der Waals surface area contributed by atoms with Crippen LogP contribution in [0.15, 0.2) is 0 Å². The van der Waals surface area contributed by atoms with Gasteiger partial charge in [-0.1, -0.05) is 46.8 Å². The van der Waals surface area contributed by atoms with Gasteiger partial charge in [0.05, 0.1) is 8.07 Å². The van der Waals surface area contributed by atoms with Crippen molar-refractivity contribution in [2.75, 3.05) is 0 Å². The Morgan fingerprint density at radius 3 is 1.67 bits per heavy atom. The molecule has 2 atom stereocenters. The van der Waals surface area contributed by atoms with E-state index in [1.807, 2.05) is 0 Å². The molecule has 3 heteroatoms. The summed E-state index contributed by atoms with van der Waals surface area (Å²) in [6.07, 6.45) is 2.43. The Morgan fingerprint density at radius 2 is 1.40 bits per heavy atom. The monoisotopic (exact) mass is 246 g/mol. The third kappa shape index (κ3) is 4.83. The molecule has 0 rings (SSSR count). The van der Waals surface area contributed by atoms with Crippen molar-refractivity contribution < 1.29 is 4.43 Å². The van der Waals surface area contributed by atoms with Gasteiger partial charge in [-0.2, -0.15) is 0 Å². The van der Waals surface area contributed by atoms with Crippen LogP contribution in [-0.2, 0) is 4.43 Å². The molecule has 0 spiro atoms. The maximum Gasteiger partial charge on any atom is 0.189 e. The number of hydrogen-bond acceptors (Lipinski definition) is 1. The fourth-order valence-corrected chi connectivity index (χ4v) is 7.51. The van der Waals surface area contributed by atoms with E-state index in [1.54, 1.807) is 0 Å². The van der Waals surface area contributed by atoms with Crippen molar-refractivity contribution in [3.8, 4) is 0 Å². The first-order valence-corrected chi connectivity index (χ1v) is 12.9. The number of rotatable bonds is 6. The van der Waals surface area contributed by atoms with Crippen molar-refractivity contribution in [2.24, 2.45) is 0 Å². The minimum Gasteiger partial charge on any atom is -0.417 e. The van der Waals surface area contributed by atoms with Crippen molar-refractivity contribution in [3.63, 3.8) is 0 Å². The minimum atomic E-state index is -1.47. The first-order valence-electron chi connectivity index (χ1n) is 6.33. The van der Waals surface area contributed by atoms with Crippen LogP contribution >= 0.6 is 0 Å². The molecule has 0 N–H and O–H groups in total. The molecule has 0 fully saturated rings. The fraction of sp³-hybridized carbons (Fsp3) is 1.00. The third-order valence-electron chi connectivity index (χ3n) is 3.58. The lowest BCUT2D eigenvalue weighted by molar-refractivity contribution is 0.247. The Kier molecular flexibility index (Phi) is 5.79. The average molecular weight is 247 g/mol. The molecule has 0 saturated heterocycles. The maximum absolute atomic E-state index is 6.50. The van der Waals surface area contributed by atoms with Gasteiger partial charge in [0, 0.05) is 5.73 Å². The highest BCUT2D eigenvalue weighted by atomic mass is 28.4. The second-order valence-corrected chi connectivity index (χ2v) is 16.1. The van der Waals surface area contributed by atoms with Gasteiger partial charge in [-0.3, -0.25) is 0 Å². The van der Waals surface area contributed by atoms with Gasteiger partial charge in [0.25, 0.3) is 0 Å². The molecule has 0 aromatic rings. The number of hydrogen-bond donors (Lipinski definition) is 0. The Labute approximate surface area is 98.8 Å². The minimum absolute atomic E-state index is 0.549. The van der Waals surface area contributed by atoms with Crippen molar-refractivity contribution in [3.05, 3.63) is 0 Å². The Balaban J connectivity index is 4.54. The predicted molar refractivity (Wildman–Crippen MR) is 75.7 cm³/mol. The van der Waals surface area contributed by atoms with Crippen LogP contribution in [0.5, 0.6) is 0 Å². The van der Waals surface area contributed by atoms with E-state index in [9.17, 15) is 0 Å². The Morgan fingerprint density at radius 1 is 0.933 bits per heavy atom. The topological polar surface area (TPSA) is 9.23 Å². The summed E-state index contributed by atoms with van der Waals surface area (Å²) in [5.41, 5.74) is 1.32. The van der Waals surface area contributed by atoms with Crippen LogP contribution in [0.2, 0.25) is 38.3 Å². The molecule has 0 heterocycles. The Hall–Kier alpha value is 0.394. The second-order valence-electron chi connectivity index (χ2n) is 6.29. The summed E-state index contributed by atoms with van der Waals surface area (Å²) in [5, 5.41) is 0. The van der Waals surface area contributed by atoms with Crippen LogP contribution in [0.1, 0.15) is 33.6 Å². The van der Waals surface area contributed by atoms with Gasteiger partial charge in [-0.15, -0.1) is 0 Å². The van der Waals surface area contributed by atoms with Gasteiger partial charge in [0.1, 0.15) is 0 Å². The van der Waals surface area contributed by atoms with E-state index in [1.165, 1.54) is 12.8 Å². The van der Waals surface area contributed by atoms with Crippen LogP contribution in [-0.4, -0.2) is 22.1 Å². The van der Waals surface area contributed by atoms with E-state index in [2.05, 4.69) is 53.5 Å². The summed E-state index contributed by atoms with van der Waals surface area (Å²) in [4.78, 5) is 0. The smallest absolute Gasteiger partial charge is 0.189 e. The van der Waals surface area contributed by atoms with Crippen molar-refractivity contribution >= 4 is 16.4 Å². The summed E-state index contributed by atoms with van der Waals surface area (Å²) in [6, 6.07) is 0. The molecule has 0 radical (unpaired) electrons. The highest BCUT2D eigenvalue weighted by Crippen LogP contribution is 2.29. The third-order valence-corrected chi connectivity index (χ3v) is 9.95. The molecular weight excluding hydrogens is 216 g/mol. The zero-order valence-corrected chi connectivity index (χ0v) is 14.0. The molecule has 0 saturated carbocycles. The highest BCUT2D eigenvalue weighted by Gasteiger charge is 2.36. The van der Waals surface area contributed by atoms with Gasteiger partial charge in [0.2, 0.25) is 0 Å². The van der Waals surface area contributed by atoms with Crippen molar-refractivity contribution in [2.45, 2.75) is 77.6 Å². The van der Waals surface area contributed by atoms with Gasteiger partial charge in [-0.25, -0.2) is 0 Å². The zero-order chi connectivity index (χ0) is 12.3. The molecule has 0 aromatic heterocycles. The summed E-state index contributed by atoms with van der Waals surface area (Å²) < 4.78 is 6.50. The normalized spacial score (nSPS) is 17.6. The van der Waals surface area contributed by atoms with Gasteiger partial charge in [-0.05, 0) is 25.1 Å². The first kappa shape index (κ1) is 15.4. The molecular formula is C12H30OSi2. The Bertz CT molecular complexity index is 185. The van der Waals surface area contributed by atoms with E-state index in [-0.39, 0.29) is 0 Å². The summed E-state index contributed by atoms with van der Waals surface area (Å²) in [6.45, 7) is 18.9. The maximum atomic E-state index is 6.50. The van der Waals surface area contributed by atoms with Crippen LogP contribution in [0, 0.1) is 0 Å². The lowest BCUT2D eigenvalue weighted by atomic mass is 10.4. The van der Waals surface area contributed by atoms with Gasteiger partial charge in [0.15, 0.2) is 8.32 Å². The van der Waals surface area contributed by atoms with Gasteiger partial charge < -0.3 is 4.43 Å². The first-order chi connectivity index (χ1) is 6.65. The largest absolute Gasteiger partial charge is 0.417 e. The second kappa shape index (κ2) is 5.64. The molecule has 1 unspecified atom stereocenters. The quantitative estimate of drug-likeness (QED) is 0.619. The van der Waals surface area contributed by atoms with Crippen molar-refractivity contribution in [1.82, 2.24) is 0 Å². The molecule has 0 amide bonds. The summed E-state index contributed by atoms with van der Waals surface area (Å²) >= 11 is 0. The molecule has 0 aromatic carbocycles. The molecule has 92 valence electrons. The lowest BCUT2D eigenvalue weighted by Crippen LogP contribution is -2.48. The molecule has 1 nitrogen and oxygen atoms in total. The van der Waals surface area contributed by atoms with E-state index in [4.69, 9.17) is 4.43 Å². The van der Waals surface area contributed by atoms with Crippen LogP contribution < -0.4 is 0 Å². The van der Waals surface area contributed by atoms with E-state index in [0.29, 0.717) is 5.73 Å². The molecule has 0 aliphatic heterocycles. The summed E-state index contributed by atoms with van der Waals surface area (Å²) in [7, 11) is -2.61. The molecule has 0 bridgehead atoms. The van der Waals surface area contributed by atoms with E-state index < -0.39 is 16.4 Å². The van der Waals surface area contributed by atoms with Crippen LogP contribution in [0.25, 0.3) is 0 Å². The highest BCUT2D eigenvalue weighted by molar-refractivity contribution is 6.79. The van der Waals surface area contributed by atoms with Gasteiger partial charge >= 0.3 is 0 Å². The molecule has 0 aliphatic carbocycles. The lowest BCUT2D eigenvalue weighted by Gasteiger charge is -2.38. The van der Waals surface area contributed by atoms with Crippen LogP contribution in [0.4, 0.5) is 0 Å². The summed E-state index contributed by atoms with van der Waals surface area (Å²) in [5.74, 6) is 0. The van der Waals surface area contributed by atoms with E-state index >= 15 is 0 Å². The van der Waals surface area contributed by atoms with E-state index in [0.717, 1.165) is 5.54 Å². The predicted octanol–water partition coefficient (Wildman–Crippen LogP) is 4.66. The standard InChI is InChI=1S/C12H30OSi2/c1-9-11(3)15(7,8)13-12(10-2)14(4,5)6/h11-12H,9-10H2,1-8H3/t11-,12?/m1/s1. The average Bonchev–Trinajstić information content (AvgIpc) is 2.10.